The van der Waals surface area contributed by atoms with Crippen molar-refractivity contribution in [1.82, 2.24) is 0 Å². The zero-order valence-corrected chi connectivity index (χ0v) is 17.7. The fourth-order valence-electron chi connectivity index (χ4n) is 5.89. The van der Waals surface area contributed by atoms with E-state index in [0.29, 0.717) is 17.4 Å². The molecule has 0 radical (unpaired) electrons. The third-order valence-corrected chi connectivity index (χ3v) is 7.47. The topological polar surface area (TPSA) is 46.2 Å². The third kappa shape index (κ3) is 3.28. The average Bonchev–Trinajstić information content (AvgIpc) is 2.95. The number of rotatable bonds is 2. The summed E-state index contributed by atoms with van der Waals surface area (Å²) in [5, 5.41) is 0. The Balaban J connectivity index is 1.34. The van der Waals surface area contributed by atoms with Gasteiger partial charge in [0.05, 0.1) is 0 Å². The summed E-state index contributed by atoms with van der Waals surface area (Å²) in [5.74, 6) is 6.02. The summed E-state index contributed by atoms with van der Waals surface area (Å²) in [6.07, 6.45) is 3.01. The van der Waals surface area contributed by atoms with Crippen molar-refractivity contribution in [3.05, 3.63) is 35.6 Å². The number of fused-ring (bicyclic) bond motifs is 2. The van der Waals surface area contributed by atoms with E-state index in [-0.39, 0.29) is 24.3 Å². The van der Waals surface area contributed by atoms with Crippen LogP contribution < -0.4 is 0 Å². The molecule has 2 bridgehead atoms. The van der Waals surface area contributed by atoms with E-state index in [9.17, 15) is 4.39 Å². The molecule has 4 saturated heterocycles. The Hall–Kier alpha value is -1.49. The number of halogens is 1. The van der Waals surface area contributed by atoms with E-state index in [4.69, 9.17) is 24.0 Å². The minimum Gasteiger partial charge on any atom is -0.340 e. The standard InChI is InChI=1S/C24H29FO5/c1-15-9-10-20-16(2)21(26-13-5-7-17-6-4-8-18(25)14-17)27-22-24(20)19(15)11-12-23(3,28-22)29-30-24/h4,6,8,14-16,19-22H,9-13H2,1-3H3/t15-,16-,19+,20+,21+,22-,23-,24-/m1/s1. The van der Waals surface area contributed by atoms with Crippen LogP contribution in [0.2, 0.25) is 0 Å². The van der Waals surface area contributed by atoms with Crippen molar-refractivity contribution in [2.45, 2.75) is 70.4 Å². The van der Waals surface area contributed by atoms with Crippen LogP contribution in [0, 0.1) is 41.3 Å². The molecule has 162 valence electrons. The normalized spacial score (nSPS) is 44.5. The maximum absolute atomic E-state index is 13.3. The van der Waals surface area contributed by atoms with E-state index >= 15 is 0 Å². The van der Waals surface area contributed by atoms with Gasteiger partial charge in [0.1, 0.15) is 12.4 Å². The van der Waals surface area contributed by atoms with Gasteiger partial charge < -0.3 is 14.2 Å². The number of hydrogen-bond donors (Lipinski definition) is 0. The Kier molecular flexibility index (Phi) is 5.16. The Morgan fingerprint density at radius 1 is 1.17 bits per heavy atom. The molecular weight excluding hydrogens is 387 g/mol. The fourth-order valence-corrected chi connectivity index (χ4v) is 5.89. The van der Waals surface area contributed by atoms with Crippen LogP contribution >= 0.6 is 0 Å². The van der Waals surface area contributed by atoms with E-state index < -0.39 is 24.0 Å². The summed E-state index contributed by atoms with van der Waals surface area (Å²) in [4.78, 5) is 12.0. The van der Waals surface area contributed by atoms with Crippen LogP contribution in [-0.4, -0.2) is 30.6 Å². The minimum atomic E-state index is -0.792. The van der Waals surface area contributed by atoms with Crippen molar-refractivity contribution in [1.29, 1.82) is 0 Å². The van der Waals surface area contributed by atoms with Crippen LogP contribution in [0.25, 0.3) is 0 Å². The molecule has 5 fully saturated rings. The van der Waals surface area contributed by atoms with Gasteiger partial charge in [0, 0.05) is 23.8 Å². The molecule has 1 aromatic rings. The lowest BCUT2D eigenvalue weighted by Crippen LogP contribution is -2.70. The first-order valence-electron chi connectivity index (χ1n) is 11.0. The van der Waals surface area contributed by atoms with Crippen molar-refractivity contribution in [2.75, 3.05) is 6.61 Å². The smallest absolute Gasteiger partial charge is 0.201 e. The van der Waals surface area contributed by atoms with Gasteiger partial charge in [0.15, 0.2) is 18.2 Å². The molecule has 0 unspecified atom stereocenters. The summed E-state index contributed by atoms with van der Waals surface area (Å²) in [7, 11) is 0. The molecular formula is C24H29FO5. The molecule has 5 aliphatic rings. The molecule has 5 nitrogen and oxygen atoms in total. The summed E-state index contributed by atoms with van der Waals surface area (Å²) >= 11 is 0. The molecule has 30 heavy (non-hydrogen) atoms. The van der Waals surface area contributed by atoms with Gasteiger partial charge in [-0.2, -0.15) is 0 Å². The first-order valence-corrected chi connectivity index (χ1v) is 11.0. The first kappa shape index (κ1) is 20.4. The molecule has 1 saturated carbocycles. The van der Waals surface area contributed by atoms with Gasteiger partial charge in [0.25, 0.3) is 0 Å². The molecule has 0 N–H and O–H groups in total. The monoisotopic (exact) mass is 416 g/mol. The zero-order valence-electron chi connectivity index (χ0n) is 17.7. The molecule has 1 spiro atoms. The van der Waals surface area contributed by atoms with Crippen LogP contribution in [0.15, 0.2) is 24.3 Å². The van der Waals surface area contributed by atoms with Crippen molar-refractivity contribution in [3.63, 3.8) is 0 Å². The largest absolute Gasteiger partial charge is 0.340 e. The van der Waals surface area contributed by atoms with Crippen LogP contribution in [0.3, 0.4) is 0 Å². The number of benzene rings is 1. The second kappa shape index (κ2) is 7.58. The van der Waals surface area contributed by atoms with Gasteiger partial charge in [-0.15, -0.1) is 0 Å². The quantitative estimate of drug-likeness (QED) is 0.528. The van der Waals surface area contributed by atoms with Crippen molar-refractivity contribution in [2.24, 2.45) is 23.7 Å². The van der Waals surface area contributed by atoms with Gasteiger partial charge in [0.2, 0.25) is 5.79 Å². The first-order chi connectivity index (χ1) is 14.4. The Morgan fingerprint density at radius 2 is 2.03 bits per heavy atom. The molecule has 4 aliphatic heterocycles. The van der Waals surface area contributed by atoms with E-state index in [0.717, 1.165) is 25.7 Å². The highest BCUT2D eigenvalue weighted by molar-refractivity contribution is 5.34. The van der Waals surface area contributed by atoms with Crippen LogP contribution in [0.5, 0.6) is 0 Å². The highest BCUT2D eigenvalue weighted by Crippen LogP contribution is 2.60. The molecule has 1 aliphatic carbocycles. The predicted octanol–water partition coefficient (Wildman–Crippen LogP) is 4.40. The van der Waals surface area contributed by atoms with Gasteiger partial charge in [-0.25, -0.2) is 14.2 Å². The van der Waals surface area contributed by atoms with Crippen molar-refractivity contribution in [3.8, 4) is 11.8 Å². The molecule has 8 atom stereocenters. The van der Waals surface area contributed by atoms with Crippen molar-refractivity contribution >= 4 is 0 Å². The molecule has 0 aromatic heterocycles. The zero-order chi connectivity index (χ0) is 20.9. The molecule has 1 aromatic carbocycles. The lowest BCUT2D eigenvalue weighted by atomic mass is 9.58. The van der Waals surface area contributed by atoms with E-state index in [1.165, 1.54) is 12.1 Å². The maximum Gasteiger partial charge on any atom is 0.201 e. The SMILES string of the molecule is C[C@H]1[C@@H](OCC#Cc2cccc(F)c2)O[C@@H]2O[C@@]3(C)CC[C@H]4[C@H](C)CC[C@@H]1[C@@]24OO3. The van der Waals surface area contributed by atoms with Gasteiger partial charge in [-0.3, -0.25) is 0 Å². The summed E-state index contributed by atoms with van der Waals surface area (Å²) in [5.41, 5.74) is 0.0439. The molecule has 0 amide bonds. The fraction of sp³-hybridized carbons (Fsp3) is 0.667. The number of ether oxygens (including phenoxy) is 3. The highest BCUT2D eigenvalue weighted by Gasteiger charge is 2.69. The number of hydrogen-bond acceptors (Lipinski definition) is 5. The average molecular weight is 416 g/mol. The van der Waals surface area contributed by atoms with Gasteiger partial charge in [-0.05, 0) is 56.2 Å². The molecule has 6 rings (SSSR count). The summed E-state index contributed by atoms with van der Waals surface area (Å²) in [6, 6.07) is 6.23. The maximum atomic E-state index is 13.3. The second-order valence-electron chi connectivity index (χ2n) is 9.40. The van der Waals surface area contributed by atoms with Gasteiger partial charge in [-0.1, -0.05) is 31.8 Å². The molecule has 6 heteroatoms. The molecule has 4 heterocycles. The predicted molar refractivity (Wildman–Crippen MR) is 106 cm³/mol. The minimum absolute atomic E-state index is 0.113. The summed E-state index contributed by atoms with van der Waals surface area (Å²) < 4.78 is 32.0. The Bertz CT molecular complexity index is 865. The van der Waals surface area contributed by atoms with Crippen LogP contribution in [0.4, 0.5) is 4.39 Å². The highest BCUT2D eigenvalue weighted by atomic mass is 19.1. The Labute approximate surface area is 177 Å². The second-order valence-corrected chi connectivity index (χ2v) is 9.40. The van der Waals surface area contributed by atoms with Gasteiger partial charge >= 0.3 is 0 Å². The Morgan fingerprint density at radius 3 is 2.87 bits per heavy atom. The summed E-state index contributed by atoms with van der Waals surface area (Å²) in [6.45, 7) is 6.56. The third-order valence-electron chi connectivity index (χ3n) is 7.47. The van der Waals surface area contributed by atoms with E-state index in [1.54, 1.807) is 12.1 Å². The van der Waals surface area contributed by atoms with E-state index in [2.05, 4.69) is 25.7 Å². The lowest BCUT2D eigenvalue weighted by Gasteiger charge is -2.60. The van der Waals surface area contributed by atoms with Crippen LogP contribution in [0.1, 0.15) is 52.0 Å². The van der Waals surface area contributed by atoms with E-state index in [1.807, 2.05) is 6.92 Å². The van der Waals surface area contributed by atoms with Crippen LogP contribution in [-0.2, 0) is 24.0 Å². The lowest BCUT2D eigenvalue weighted by molar-refractivity contribution is -0.577. The van der Waals surface area contributed by atoms with Crippen molar-refractivity contribution < 1.29 is 28.4 Å².